The lowest BCUT2D eigenvalue weighted by molar-refractivity contribution is -0.906. The van der Waals surface area contributed by atoms with Gasteiger partial charge >= 0.3 is 5.91 Å². The van der Waals surface area contributed by atoms with E-state index in [4.69, 9.17) is 11.6 Å². The van der Waals surface area contributed by atoms with E-state index in [1.54, 1.807) is 18.2 Å². The Hall–Kier alpha value is -0.850. The molecule has 1 N–H and O–H groups in total. The van der Waals surface area contributed by atoms with Gasteiger partial charge in [0.1, 0.15) is 0 Å². The van der Waals surface area contributed by atoms with Crippen LogP contribution in [-0.4, -0.2) is 67.3 Å². The fraction of sp³-hybridized carbons (Fsp3) is 0.533. The molecule has 1 aliphatic heterocycles. The molecule has 7 heteroatoms. The van der Waals surface area contributed by atoms with Crippen LogP contribution in [0.3, 0.4) is 0 Å². The molecule has 124 valence electrons. The van der Waals surface area contributed by atoms with Crippen LogP contribution in [0.4, 0.5) is 5.69 Å². The van der Waals surface area contributed by atoms with Gasteiger partial charge in [0, 0.05) is 18.1 Å². The number of piperazine rings is 1. The highest BCUT2D eigenvalue weighted by molar-refractivity contribution is 6.31. The fourth-order valence-corrected chi connectivity index (χ4v) is 2.63. The predicted molar refractivity (Wildman–Crippen MR) is 83.7 cm³/mol. The summed E-state index contributed by atoms with van der Waals surface area (Å²) in [5.74, 6) is -0.304. The summed E-state index contributed by atoms with van der Waals surface area (Å²) in [5.41, 5.74) is 1.33. The molecule has 5 nitrogen and oxygen atoms in total. The summed E-state index contributed by atoms with van der Waals surface area (Å²) in [6.45, 7) is 5.91. The van der Waals surface area contributed by atoms with E-state index in [2.05, 4.69) is 19.0 Å². The van der Waals surface area contributed by atoms with Gasteiger partial charge in [-0.3, -0.25) is 14.9 Å². The second-order valence-electron chi connectivity index (χ2n) is 6.17. The molecular formula is C15H23Cl2N3O2. The van der Waals surface area contributed by atoms with Crippen molar-refractivity contribution in [3.05, 3.63) is 28.8 Å². The molecule has 0 aliphatic carbocycles. The van der Waals surface area contributed by atoms with Crippen LogP contribution in [0.25, 0.3) is 0 Å². The molecule has 0 aromatic heterocycles. The molecule has 0 unspecified atom stereocenters. The number of rotatable bonds is 3. The number of hydrogen-bond acceptors (Lipinski definition) is 3. The van der Waals surface area contributed by atoms with Crippen LogP contribution in [-0.2, 0) is 4.79 Å². The Labute approximate surface area is 143 Å². The van der Waals surface area contributed by atoms with Gasteiger partial charge in [-0.15, -0.1) is 0 Å². The zero-order valence-corrected chi connectivity index (χ0v) is 14.7. The molecule has 0 saturated carbocycles. The van der Waals surface area contributed by atoms with Crippen LogP contribution in [0.1, 0.15) is 5.56 Å². The van der Waals surface area contributed by atoms with Gasteiger partial charge in [-0.25, -0.2) is 0 Å². The Morgan fingerprint density at radius 1 is 1.41 bits per heavy atom. The van der Waals surface area contributed by atoms with E-state index in [0.717, 1.165) is 31.7 Å². The normalized spacial score (nSPS) is 17.7. The first kappa shape index (κ1) is 19.2. The molecule has 0 atom stereocenters. The number of benzene rings is 1. The number of nitrogens with zero attached hydrogens (tertiary/aromatic N) is 3. The lowest BCUT2D eigenvalue weighted by Gasteiger charge is -2.40. The number of hydrogen-bond donors (Lipinski definition) is 1. The SMILES string of the molecule is Cc1ccc(N(O)C(=O)C[N+]2(C)CCN(C)CC2)cc1Cl.[Cl-]. The van der Waals surface area contributed by atoms with Gasteiger partial charge in [0.2, 0.25) is 0 Å². The van der Waals surface area contributed by atoms with Crippen LogP contribution in [0, 0.1) is 6.92 Å². The minimum atomic E-state index is -0.304. The van der Waals surface area contributed by atoms with Crippen molar-refractivity contribution in [2.24, 2.45) is 0 Å². The van der Waals surface area contributed by atoms with E-state index in [9.17, 15) is 10.0 Å². The van der Waals surface area contributed by atoms with Crippen molar-refractivity contribution in [2.75, 3.05) is 51.9 Å². The van der Waals surface area contributed by atoms with Crippen molar-refractivity contribution in [1.82, 2.24) is 4.90 Å². The van der Waals surface area contributed by atoms with Crippen LogP contribution >= 0.6 is 11.6 Å². The number of carbonyl (C=O) groups is 1. The Kier molecular flexibility index (Phi) is 6.65. The van der Waals surface area contributed by atoms with Crippen LogP contribution < -0.4 is 17.5 Å². The summed E-state index contributed by atoms with van der Waals surface area (Å²) in [7, 11) is 4.14. The van der Waals surface area contributed by atoms with Gasteiger partial charge < -0.3 is 16.9 Å². The molecule has 0 bridgehead atoms. The topological polar surface area (TPSA) is 43.8 Å². The summed E-state index contributed by atoms with van der Waals surface area (Å²) in [5, 5.41) is 11.4. The highest BCUT2D eigenvalue weighted by Gasteiger charge is 2.31. The molecule has 1 amide bonds. The first-order valence-corrected chi connectivity index (χ1v) is 7.49. The molecule has 1 saturated heterocycles. The van der Waals surface area contributed by atoms with Crippen LogP contribution in [0.2, 0.25) is 5.02 Å². The molecule has 1 aliphatic rings. The number of halogens is 2. The van der Waals surface area contributed by atoms with Crippen molar-refractivity contribution in [1.29, 1.82) is 0 Å². The second kappa shape index (κ2) is 7.62. The first-order valence-electron chi connectivity index (χ1n) is 7.11. The average Bonchev–Trinajstić information content (AvgIpc) is 2.44. The first-order chi connectivity index (χ1) is 9.81. The molecule has 2 rings (SSSR count). The Balaban J connectivity index is 0.00000242. The number of aryl methyl sites for hydroxylation is 1. The number of anilines is 1. The second-order valence-corrected chi connectivity index (χ2v) is 6.57. The lowest BCUT2D eigenvalue weighted by atomic mass is 10.2. The molecule has 0 radical (unpaired) electrons. The van der Waals surface area contributed by atoms with Crippen molar-refractivity contribution in [3.8, 4) is 0 Å². The third-order valence-corrected chi connectivity index (χ3v) is 4.60. The van der Waals surface area contributed by atoms with Crippen LogP contribution in [0.5, 0.6) is 0 Å². The maximum atomic E-state index is 12.3. The summed E-state index contributed by atoms with van der Waals surface area (Å²) in [6, 6.07) is 5.10. The Bertz CT molecular complexity index is 532. The monoisotopic (exact) mass is 347 g/mol. The number of hydroxylamine groups is 1. The van der Waals surface area contributed by atoms with Gasteiger partial charge in [-0.05, 0) is 31.7 Å². The Morgan fingerprint density at radius 2 is 2.00 bits per heavy atom. The Morgan fingerprint density at radius 3 is 2.55 bits per heavy atom. The molecular weight excluding hydrogens is 325 g/mol. The third-order valence-electron chi connectivity index (χ3n) is 4.20. The molecule has 1 heterocycles. The van der Waals surface area contributed by atoms with Crippen molar-refractivity contribution in [2.45, 2.75) is 6.92 Å². The third kappa shape index (κ3) is 4.57. The molecule has 0 spiro atoms. The van der Waals surface area contributed by atoms with Crippen molar-refractivity contribution >= 4 is 23.2 Å². The van der Waals surface area contributed by atoms with Gasteiger partial charge in [0.25, 0.3) is 0 Å². The zero-order chi connectivity index (χ0) is 15.6. The zero-order valence-electron chi connectivity index (χ0n) is 13.2. The fourth-order valence-electron chi connectivity index (χ4n) is 2.46. The van der Waals surface area contributed by atoms with Crippen molar-refractivity contribution in [3.63, 3.8) is 0 Å². The van der Waals surface area contributed by atoms with Gasteiger partial charge in [-0.1, -0.05) is 17.7 Å². The highest BCUT2D eigenvalue weighted by Crippen LogP contribution is 2.23. The molecule has 22 heavy (non-hydrogen) atoms. The van der Waals surface area contributed by atoms with Gasteiger partial charge in [0.15, 0.2) is 6.54 Å². The summed E-state index contributed by atoms with van der Waals surface area (Å²) in [6.07, 6.45) is 0. The minimum absolute atomic E-state index is 0. The summed E-state index contributed by atoms with van der Waals surface area (Å²) < 4.78 is 0.653. The quantitative estimate of drug-likeness (QED) is 0.423. The van der Waals surface area contributed by atoms with E-state index >= 15 is 0 Å². The lowest BCUT2D eigenvalue weighted by Crippen LogP contribution is -3.00. The summed E-state index contributed by atoms with van der Waals surface area (Å²) >= 11 is 6.04. The smallest absolute Gasteiger partial charge is 0.305 e. The largest absolute Gasteiger partial charge is 1.00 e. The number of likely N-dealkylation sites (N-methyl/N-ethyl adjacent to an activating group) is 2. The standard InChI is InChI=1S/C15H23ClN3O2.ClH/c1-12-4-5-13(10-14(12)16)18(21)15(20)11-19(3)8-6-17(2)7-9-19;/h4-5,10,21H,6-9,11H2,1-3H3;1H/q+1;/p-1. The summed E-state index contributed by atoms with van der Waals surface area (Å²) in [4.78, 5) is 14.5. The van der Waals surface area contributed by atoms with E-state index in [1.165, 1.54) is 0 Å². The minimum Gasteiger partial charge on any atom is -1.00 e. The molecule has 1 aromatic rings. The molecule has 1 fully saturated rings. The maximum Gasteiger partial charge on any atom is 0.305 e. The van der Waals surface area contributed by atoms with Crippen molar-refractivity contribution < 1.29 is 26.9 Å². The number of amides is 1. The van der Waals surface area contributed by atoms with E-state index in [-0.39, 0.29) is 24.9 Å². The van der Waals surface area contributed by atoms with Gasteiger partial charge in [0.05, 0.1) is 25.8 Å². The van der Waals surface area contributed by atoms with Gasteiger partial charge in [-0.2, -0.15) is 5.06 Å². The van der Waals surface area contributed by atoms with E-state index < -0.39 is 0 Å². The van der Waals surface area contributed by atoms with E-state index in [1.807, 2.05) is 6.92 Å². The average molecular weight is 348 g/mol. The number of carbonyl (C=O) groups excluding carboxylic acids is 1. The maximum absolute atomic E-state index is 12.3. The highest BCUT2D eigenvalue weighted by atomic mass is 35.5. The molecule has 1 aromatic carbocycles. The van der Waals surface area contributed by atoms with E-state index in [0.29, 0.717) is 20.3 Å². The predicted octanol–water partition coefficient (Wildman–Crippen LogP) is -1.23. The number of quaternary nitrogens is 1. The van der Waals surface area contributed by atoms with Crippen LogP contribution in [0.15, 0.2) is 18.2 Å².